The van der Waals surface area contributed by atoms with Crippen LogP contribution in [-0.2, 0) is 0 Å². The van der Waals surface area contributed by atoms with Gasteiger partial charge in [0.05, 0.1) is 6.10 Å². The largest absolute Gasteiger partial charge is 0.392 e. The summed E-state index contributed by atoms with van der Waals surface area (Å²) < 4.78 is 0. The topological polar surface area (TPSA) is 46.2 Å². The lowest BCUT2D eigenvalue weighted by Gasteiger charge is -2.30. The van der Waals surface area contributed by atoms with E-state index in [1.54, 1.807) is 0 Å². The van der Waals surface area contributed by atoms with Crippen molar-refractivity contribution in [1.82, 2.24) is 0 Å². The first-order valence-electron chi connectivity index (χ1n) is 5.19. The van der Waals surface area contributed by atoms with E-state index in [4.69, 9.17) is 5.73 Å². The molecule has 2 heteroatoms. The van der Waals surface area contributed by atoms with E-state index < -0.39 is 0 Å². The van der Waals surface area contributed by atoms with Crippen LogP contribution in [0.15, 0.2) is 0 Å². The Morgan fingerprint density at radius 1 is 1.33 bits per heavy atom. The monoisotopic (exact) mass is 171 g/mol. The molecule has 0 amide bonds. The van der Waals surface area contributed by atoms with Crippen molar-refractivity contribution in [3.8, 4) is 0 Å². The summed E-state index contributed by atoms with van der Waals surface area (Å²) in [5.41, 5.74) is 5.95. The molecular formula is C10H21NO. The Hall–Kier alpha value is -0.0800. The first-order valence-corrected chi connectivity index (χ1v) is 5.19. The van der Waals surface area contributed by atoms with Gasteiger partial charge in [-0.1, -0.05) is 26.2 Å². The maximum atomic E-state index is 9.55. The average Bonchev–Trinajstić information content (AvgIpc) is 2.17. The zero-order valence-corrected chi connectivity index (χ0v) is 8.00. The second-order valence-electron chi connectivity index (χ2n) is 3.95. The van der Waals surface area contributed by atoms with E-state index in [0.29, 0.717) is 5.92 Å². The van der Waals surface area contributed by atoms with Crippen molar-refractivity contribution in [3.63, 3.8) is 0 Å². The first-order chi connectivity index (χ1) is 5.75. The Kier molecular flexibility index (Phi) is 4.02. The maximum absolute atomic E-state index is 9.55. The Morgan fingerprint density at radius 3 is 2.42 bits per heavy atom. The second kappa shape index (κ2) is 4.83. The van der Waals surface area contributed by atoms with Gasteiger partial charge in [0.15, 0.2) is 0 Å². The Bertz CT molecular complexity index is 121. The van der Waals surface area contributed by atoms with Crippen LogP contribution < -0.4 is 5.73 Å². The normalized spacial score (nSPS) is 25.2. The molecule has 0 aliphatic heterocycles. The fourth-order valence-corrected chi connectivity index (χ4v) is 2.11. The molecule has 2 nitrogen and oxygen atoms in total. The average molecular weight is 171 g/mol. The van der Waals surface area contributed by atoms with Crippen LogP contribution in [0.4, 0.5) is 0 Å². The van der Waals surface area contributed by atoms with Crippen LogP contribution in [0.2, 0.25) is 0 Å². The smallest absolute Gasteiger partial charge is 0.0691 e. The van der Waals surface area contributed by atoms with Gasteiger partial charge >= 0.3 is 0 Å². The highest BCUT2D eigenvalue weighted by Crippen LogP contribution is 2.27. The molecular weight excluding hydrogens is 150 g/mol. The third-order valence-corrected chi connectivity index (χ3v) is 3.06. The predicted octanol–water partition coefficient (Wildman–Crippen LogP) is 1.66. The van der Waals surface area contributed by atoms with Gasteiger partial charge in [0, 0.05) is 6.04 Å². The molecule has 0 heterocycles. The van der Waals surface area contributed by atoms with Crippen molar-refractivity contribution in [2.45, 2.75) is 57.6 Å². The molecule has 0 bridgehead atoms. The van der Waals surface area contributed by atoms with Crippen molar-refractivity contribution in [3.05, 3.63) is 0 Å². The highest BCUT2D eigenvalue weighted by molar-refractivity contribution is 4.81. The van der Waals surface area contributed by atoms with Crippen molar-refractivity contribution >= 4 is 0 Å². The fourth-order valence-electron chi connectivity index (χ4n) is 2.11. The molecule has 0 radical (unpaired) electrons. The standard InChI is InChI=1S/C10H21NO/c1-2-9(12)10(11)8-6-4-3-5-7-8/h8-10,12H,2-7,11H2,1H3/t9-,10+/m1/s1. The van der Waals surface area contributed by atoms with Gasteiger partial charge in [-0.3, -0.25) is 0 Å². The van der Waals surface area contributed by atoms with E-state index in [0.717, 1.165) is 6.42 Å². The highest BCUT2D eigenvalue weighted by Gasteiger charge is 2.24. The van der Waals surface area contributed by atoms with Crippen molar-refractivity contribution < 1.29 is 5.11 Å². The summed E-state index contributed by atoms with van der Waals surface area (Å²) in [4.78, 5) is 0. The van der Waals surface area contributed by atoms with E-state index >= 15 is 0 Å². The molecule has 3 N–H and O–H groups in total. The molecule has 1 saturated carbocycles. The summed E-state index contributed by atoms with van der Waals surface area (Å²) in [7, 11) is 0. The van der Waals surface area contributed by atoms with Crippen molar-refractivity contribution in [2.24, 2.45) is 11.7 Å². The molecule has 0 saturated heterocycles. The van der Waals surface area contributed by atoms with Crippen molar-refractivity contribution in [1.29, 1.82) is 0 Å². The van der Waals surface area contributed by atoms with Gasteiger partial charge < -0.3 is 10.8 Å². The number of hydrogen-bond acceptors (Lipinski definition) is 2. The molecule has 0 aromatic heterocycles. The van der Waals surface area contributed by atoms with Crippen LogP contribution in [0, 0.1) is 5.92 Å². The fraction of sp³-hybridized carbons (Fsp3) is 1.00. The molecule has 0 spiro atoms. The zero-order valence-electron chi connectivity index (χ0n) is 8.00. The van der Waals surface area contributed by atoms with Crippen LogP contribution in [0.5, 0.6) is 0 Å². The summed E-state index contributed by atoms with van der Waals surface area (Å²) in [6.45, 7) is 1.99. The molecule has 1 rings (SSSR count). The van der Waals surface area contributed by atoms with Gasteiger partial charge in [0.1, 0.15) is 0 Å². The quantitative estimate of drug-likeness (QED) is 0.678. The number of nitrogens with two attached hydrogens (primary N) is 1. The van der Waals surface area contributed by atoms with E-state index in [9.17, 15) is 5.11 Å². The SMILES string of the molecule is CC[C@@H](O)[C@@H](N)C1CCCCC1. The lowest BCUT2D eigenvalue weighted by molar-refractivity contribution is 0.100. The Balaban J connectivity index is 2.33. The van der Waals surface area contributed by atoms with E-state index in [-0.39, 0.29) is 12.1 Å². The Morgan fingerprint density at radius 2 is 1.92 bits per heavy atom. The number of aliphatic hydroxyl groups is 1. The third kappa shape index (κ3) is 2.46. The lowest BCUT2D eigenvalue weighted by Crippen LogP contribution is -2.41. The van der Waals surface area contributed by atoms with Gasteiger partial charge in [-0.25, -0.2) is 0 Å². The summed E-state index contributed by atoms with van der Waals surface area (Å²) >= 11 is 0. The van der Waals surface area contributed by atoms with Gasteiger partial charge in [-0.2, -0.15) is 0 Å². The minimum Gasteiger partial charge on any atom is -0.392 e. The third-order valence-electron chi connectivity index (χ3n) is 3.06. The van der Waals surface area contributed by atoms with Gasteiger partial charge in [-0.15, -0.1) is 0 Å². The number of rotatable bonds is 3. The number of aliphatic hydroxyl groups excluding tert-OH is 1. The van der Waals surface area contributed by atoms with Gasteiger partial charge in [0.25, 0.3) is 0 Å². The molecule has 0 unspecified atom stereocenters. The maximum Gasteiger partial charge on any atom is 0.0691 e. The van der Waals surface area contributed by atoms with Crippen LogP contribution >= 0.6 is 0 Å². The summed E-state index contributed by atoms with van der Waals surface area (Å²) in [6, 6.07) is 0.0234. The van der Waals surface area contributed by atoms with Crippen molar-refractivity contribution in [2.75, 3.05) is 0 Å². The minimum absolute atomic E-state index is 0.0234. The van der Waals surface area contributed by atoms with Crippen LogP contribution in [0.3, 0.4) is 0 Å². The zero-order chi connectivity index (χ0) is 8.97. The summed E-state index contributed by atoms with van der Waals surface area (Å²) in [6.07, 6.45) is 6.90. The molecule has 1 aliphatic rings. The molecule has 0 aromatic rings. The van der Waals surface area contributed by atoms with Crippen LogP contribution in [0.1, 0.15) is 45.4 Å². The lowest BCUT2D eigenvalue weighted by atomic mass is 9.82. The number of hydrogen-bond donors (Lipinski definition) is 2. The first kappa shape index (κ1) is 10.0. The summed E-state index contributed by atoms with van der Waals surface area (Å²) in [5.74, 6) is 0.577. The minimum atomic E-state index is -0.284. The van der Waals surface area contributed by atoms with E-state index in [1.807, 2.05) is 6.92 Å². The molecule has 1 aliphatic carbocycles. The summed E-state index contributed by atoms with van der Waals surface area (Å²) in [5, 5.41) is 9.55. The van der Waals surface area contributed by atoms with Gasteiger partial charge in [0.2, 0.25) is 0 Å². The van der Waals surface area contributed by atoms with E-state index in [1.165, 1.54) is 32.1 Å². The van der Waals surface area contributed by atoms with E-state index in [2.05, 4.69) is 0 Å². The molecule has 2 atom stereocenters. The predicted molar refractivity (Wildman–Crippen MR) is 50.8 cm³/mol. The van der Waals surface area contributed by atoms with Crippen LogP contribution in [-0.4, -0.2) is 17.3 Å². The Labute approximate surface area is 75.2 Å². The molecule has 12 heavy (non-hydrogen) atoms. The second-order valence-corrected chi connectivity index (χ2v) is 3.95. The molecule has 72 valence electrons. The molecule has 1 fully saturated rings. The van der Waals surface area contributed by atoms with Crippen LogP contribution in [0.25, 0.3) is 0 Å². The molecule has 0 aromatic carbocycles. The highest BCUT2D eigenvalue weighted by atomic mass is 16.3. The van der Waals surface area contributed by atoms with Gasteiger partial charge in [-0.05, 0) is 25.2 Å².